The van der Waals surface area contributed by atoms with E-state index in [1.165, 1.54) is 5.56 Å². The molecule has 0 unspecified atom stereocenters. The van der Waals surface area contributed by atoms with Gasteiger partial charge in [-0.2, -0.15) is 5.10 Å². The van der Waals surface area contributed by atoms with E-state index in [0.29, 0.717) is 0 Å². The predicted octanol–water partition coefficient (Wildman–Crippen LogP) is 4.94. The summed E-state index contributed by atoms with van der Waals surface area (Å²) in [5.74, 6) is 1.80. The summed E-state index contributed by atoms with van der Waals surface area (Å²) in [7, 11) is 1.68. The van der Waals surface area contributed by atoms with Gasteiger partial charge in [0.2, 0.25) is 6.23 Å². The molecule has 2 aliphatic rings. The van der Waals surface area contributed by atoms with Crippen LogP contribution in [-0.4, -0.2) is 17.8 Å². The summed E-state index contributed by atoms with van der Waals surface area (Å²) in [4.78, 5) is 0. The van der Waals surface area contributed by atoms with E-state index in [4.69, 9.17) is 14.6 Å². The third-order valence-electron chi connectivity index (χ3n) is 5.21. The van der Waals surface area contributed by atoms with Crippen LogP contribution in [0.2, 0.25) is 0 Å². The van der Waals surface area contributed by atoms with Crippen LogP contribution in [-0.2, 0) is 0 Å². The molecular formula is C23H20N2O2. The lowest BCUT2D eigenvalue weighted by atomic mass is 9.96. The van der Waals surface area contributed by atoms with Crippen LogP contribution in [0.1, 0.15) is 35.4 Å². The molecule has 3 aromatic carbocycles. The molecule has 2 aliphatic heterocycles. The number of hydrazone groups is 1. The minimum absolute atomic E-state index is 0.178. The van der Waals surface area contributed by atoms with Crippen LogP contribution in [0.25, 0.3) is 0 Å². The van der Waals surface area contributed by atoms with E-state index >= 15 is 0 Å². The second-order valence-corrected chi connectivity index (χ2v) is 6.79. The van der Waals surface area contributed by atoms with Crippen LogP contribution in [0.3, 0.4) is 0 Å². The van der Waals surface area contributed by atoms with Crippen LogP contribution in [0, 0.1) is 0 Å². The Morgan fingerprint density at radius 3 is 2.44 bits per heavy atom. The number of nitrogens with zero attached hydrogens (tertiary/aromatic N) is 2. The lowest BCUT2D eigenvalue weighted by Gasteiger charge is -2.38. The van der Waals surface area contributed by atoms with E-state index in [2.05, 4.69) is 41.4 Å². The fraction of sp³-hybridized carbons (Fsp3) is 0.174. The van der Waals surface area contributed by atoms with Gasteiger partial charge >= 0.3 is 0 Å². The zero-order valence-corrected chi connectivity index (χ0v) is 15.1. The zero-order chi connectivity index (χ0) is 18.2. The Labute approximate surface area is 158 Å². The monoisotopic (exact) mass is 356 g/mol. The minimum atomic E-state index is -0.221. The number of methoxy groups -OCH3 is 1. The van der Waals surface area contributed by atoms with Crippen molar-refractivity contribution in [1.29, 1.82) is 0 Å². The molecule has 0 amide bonds. The highest BCUT2D eigenvalue weighted by atomic mass is 16.5. The van der Waals surface area contributed by atoms with Gasteiger partial charge < -0.3 is 9.47 Å². The van der Waals surface area contributed by atoms with Crippen LogP contribution in [0.15, 0.2) is 84.0 Å². The smallest absolute Gasteiger partial charge is 0.213 e. The van der Waals surface area contributed by atoms with E-state index in [9.17, 15) is 0 Å². The maximum absolute atomic E-state index is 6.35. The number of benzene rings is 3. The Bertz CT molecular complexity index is 983. The quantitative estimate of drug-likeness (QED) is 0.667. The van der Waals surface area contributed by atoms with Crippen molar-refractivity contribution in [3.63, 3.8) is 0 Å². The zero-order valence-electron chi connectivity index (χ0n) is 15.1. The first-order chi connectivity index (χ1) is 13.3. The maximum Gasteiger partial charge on any atom is 0.213 e. The predicted molar refractivity (Wildman–Crippen MR) is 105 cm³/mol. The third kappa shape index (κ3) is 2.74. The second-order valence-electron chi connectivity index (χ2n) is 6.79. The van der Waals surface area contributed by atoms with Gasteiger partial charge in [-0.3, -0.25) is 0 Å². The average molecular weight is 356 g/mol. The number of hydrogen-bond acceptors (Lipinski definition) is 4. The SMILES string of the molecule is COc1ccc(C2=NN3[C@H](C2)c2ccccc2O[C@@H]3c2ccccc2)cc1. The van der Waals surface area contributed by atoms with Gasteiger partial charge in [-0.1, -0.05) is 48.5 Å². The van der Waals surface area contributed by atoms with Gasteiger partial charge in [0.25, 0.3) is 0 Å². The van der Waals surface area contributed by atoms with Crippen molar-refractivity contribution < 1.29 is 9.47 Å². The standard InChI is InChI=1S/C23H20N2O2/c1-26-18-13-11-16(12-14-18)20-15-21-19-9-5-6-10-22(19)27-23(25(21)24-20)17-7-3-2-4-8-17/h2-14,21,23H,15H2,1H3/t21-,23-/m1/s1. The van der Waals surface area contributed by atoms with Gasteiger partial charge in [0, 0.05) is 17.5 Å². The fourth-order valence-corrected chi connectivity index (χ4v) is 3.83. The van der Waals surface area contributed by atoms with Gasteiger partial charge in [0.05, 0.1) is 18.9 Å². The molecule has 4 nitrogen and oxygen atoms in total. The lowest BCUT2D eigenvalue weighted by molar-refractivity contribution is -0.0190. The van der Waals surface area contributed by atoms with Gasteiger partial charge in [0.15, 0.2) is 0 Å². The van der Waals surface area contributed by atoms with Crippen molar-refractivity contribution in [3.8, 4) is 11.5 Å². The molecule has 2 atom stereocenters. The molecule has 0 saturated heterocycles. The Kier molecular flexibility index (Phi) is 3.82. The number of fused-ring (bicyclic) bond motifs is 3. The minimum Gasteiger partial charge on any atom is -0.497 e. The van der Waals surface area contributed by atoms with E-state index < -0.39 is 0 Å². The first-order valence-corrected chi connectivity index (χ1v) is 9.14. The van der Waals surface area contributed by atoms with Crippen LogP contribution in [0.5, 0.6) is 11.5 Å². The molecular weight excluding hydrogens is 336 g/mol. The largest absolute Gasteiger partial charge is 0.497 e. The normalized spacial score (nSPS) is 20.3. The van der Waals surface area contributed by atoms with Crippen molar-refractivity contribution in [2.45, 2.75) is 18.7 Å². The van der Waals surface area contributed by atoms with Crippen molar-refractivity contribution in [3.05, 3.63) is 95.6 Å². The Hall–Kier alpha value is -3.27. The van der Waals surface area contributed by atoms with Gasteiger partial charge in [-0.05, 0) is 35.9 Å². The van der Waals surface area contributed by atoms with Crippen molar-refractivity contribution in [2.75, 3.05) is 7.11 Å². The molecule has 0 N–H and O–H groups in total. The van der Waals surface area contributed by atoms with Crippen LogP contribution in [0.4, 0.5) is 0 Å². The first-order valence-electron chi connectivity index (χ1n) is 9.14. The highest BCUT2D eigenvalue weighted by Gasteiger charge is 2.40. The highest BCUT2D eigenvalue weighted by molar-refractivity contribution is 6.02. The average Bonchev–Trinajstić information content (AvgIpc) is 3.19. The number of para-hydroxylation sites is 1. The Morgan fingerprint density at radius 2 is 1.67 bits per heavy atom. The number of ether oxygens (including phenoxy) is 2. The number of rotatable bonds is 3. The molecule has 0 bridgehead atoms. The summed E-state index contributed by atoms with van der Waals surface area (Å²) >= 11 is 0. The van der Waals surface area contributed by atoms with Crippen molar-refractivity contribution in [2.24, 2.45) is 5.10 Å². The molecule has 0 radical (unpaired) electrons. The van der Waals surface area contributed by atoms with Gasteiger partial charge in [-0.15, -0.1) is 0 Å². The van der Waals surface area contributed by atoms with Crippen molar-refractivity contribution >= 4 is 5.71 Å². The van der Waals surface area contributed by atoms with Gasteiger partial charge in [0.1, 0.15) is 11.5 Å². The molecule has 0 aromatic heterocycles. The Morgan fingerprint density at radius 1 is 0.926 bits per heavy atom. The Balaban J connectivity index is 1.56. The van der Waals surface area contributed by atoms with E-state index in [-0.39, 0.29) is 12.3 Å². The van der Waals surface area contributed by atoms with Gasteiger partial charge in [-0.25, -0.2) is 5.01 Å². The highest BCUT2D eigenvalue weighted by Crippen LogP contribution is 2.47. The molecule has 0 saturated carbocycles. The first kappa shape index (κ1) is 15.9. The summed E-state index contributed by atoms with van der Waals surface area (Å²) in [6.07, 6.45) is 0.637. The van der Waals surface area contributed by atoms with Crippen LogP contribution >= 0.6 is 0 Å². The lowest BCUT2D eigenvalue weighted by Crippen LogP contribution is -2.33. The van der Waals surface area contributed by atoms with Crippen molar-refractivity contribution in [1.82, 2.24) is 5.01 Å². The topological polar surface area (TPSA) is 34.1 Å². The molecule has 4 heteroatoms. The summed E-state index contributed by atoms with van der Waals surface area (Å²) in [6, 6.07) is 26.8. The third-order valence-corrected chi connectivity index (χ3v) is 5.21. The van der Waals surface area contributed by atoms with E-state index in [1.807, 2.05) is 42.5 Å². The maximum atomic E-state index is 6.35. The van der Waals surface area contributed by atoms with E-state index in [1.54, 1.807) is 7.11 Å². The molecule has 134 valence electrons. The summed E-state index contributed by atoms with van der Waals surface area (Å²) in [6.45, 7) is 0. The molecule has 0 fully saturated rings. The fourth-order valence-electron chi connectivity index (χ4n) is 3.83. The summed E-state index contributed by atoms with van der Waals surface area (Å²) in [5, 5.41) is 7.09. The number of hydrogen-bond donors (Lipinski definition) is 0. The molecule has 5 rings (SSSR count). The molecule has 0 spiro atoms. The molecule has 3 aromatic rings. The second kappa shape index (κ2) is 6.47. The molecule has 0 aliphatic carbocycles. The summed E-state index contributed by atoms with van der Waals surface area (Å²) < 4.78 is 11.6. The van der Waals surface area contributed by atoms with E-state index in [0.717, 1.165) is 34.8 Å². The van der Waals surface area contributed by atoms with Crippen LogP contribution < -0.4 is 9.47 Å². The molecule has 2 heterocycles. The molecule has 27 heavy (non-hydrogen) atoms. The summed E-state index contributed by atoms with van der Waals surface area (Å²) in [5.41, 5.74) is 4.49.